The van der Waals surface area contributed by atoms with Crippen LogP contribution in [0.1, 0.15) is 361 Å². The standard InChI is InChI=1S/C70H135NO10/c1-3-5-7-9-11-13-37-42-46-50-54-58-66(75)79-59-55-51-47-43-39-36-34-32-30-28-26-24-22-20-18-16-15-17-19-21-23-25-27-29-31-33-35-38-41-45-49-53-57-65(74)71-62(61-80-70-69(78)68(77)67(76)64(60-72)81-70)63(73)56-52-48-44-40-14-12-10-8-6-4-2/h52,56,62-64,67-70,72-73,76-78H,3-51,53-55,57-61H2,1-2H3,(H,71,74)/b56-52+. The minimum atomic E-state index is -1.57. The summed E-state index contributed by atoms with van der Waals surface area (Å²) in [6, 6.07) is -0.804. The van der Waals surface area contributed by atoms with Gasteiger partial charge in [0.2, 0.25) is 5.91 Å². The molecule has 81 heavy (non-hydrogen) atoms. The molecule has 0 aliphatic carbocycles. The van der Waals surface area contributed by atoms with Crippen LogP contribution in [0, 0.1) is 0 Å². The molecular weight excluding hydrogens is 1010 g/mol. The number of carbonyl (C=O) groups is 2. The molecule has 0 aromatic rings. The molecule has 480 valence electrons. The monoisotopic (exact) mass is 1150 g/mol. The Hall–Kier alpha value is -1.60. The van der Waals surface area contributed by atoms with E-state index < -0.39 is 49.5 Å². The maximum absolute atomic E-state index is 13.0. The second-order valence-electron chi connectivity index (χ2n) is 25.0. The molecule has 1 aliphatic heterocycles. The highest BCUT2D eigenvalue weighted by Crippen LogP contribution is 2.23. The summed E-state index contributed by atoms with van der Waals surface area (Å²) in [4.78, 5) is 25.1. The van der Waals surface area contributed by atoms with Crippen molar-refractivity contribution in [3.8, 4) is 0 Å². The third-order valence-electron chi connectivity index (χ3n) is 17.2. The maximum atomic E-state index is 13.0. The first kappa shape index (κ1) is 77.4. The first-order valence-corrected chi connectivity index (χ1v) is 35.5. The Balaban J connectivity index is 1.91. The number of nitrogens with one attached hydrogen (secondary N) is 1. The molecule has 11 heteroatoms. The SMILES string of the molecule is CCCCCCCCCC/C=C/C(O)C(COC1OC(CO)C(O)C(O)C1O)NC(=O)CCCCCCCCCCCCCCCCCCCCCCCCCCCCCCCCCCOC(=O)CCCCCCCCCCCCC. The van der Waals surface area contributed by atoms with Crippen LogP contribution in [0.15, 0.2) is 12.2 Å². The predicted molar refractivity (Wildman–Crippen MR) is 338 cm³/mol. The average Bonchev–Trinajstić information content (AvgIpc) is 3.46. The maximum Gasteiger partial charge on any atom is 0.305 e. The molecule has 6 N–H and O–H groups in total. The summed E-state index contributed by atoms with van der Waals surface area (Å²) in [6.45, 7) is 4.36. The number of ether oxygens (including phenoxy) is 3. The first-order valence-electron chi connectivity index (χ1n) is 35.5. The predicted octanol–water partition coefficient (Wildman–Crippen LogP) is 17.9. The van der Waals surface area contributed by atoms with Gasteiger partial charge in [0.1, 0.15) is 24.4 Å². The van der Waals surface area contributed by atoms with Crippen LogP contribution in [-0.2, 0) is 23.8 Å². The van der Waals surface area contributed by atoms with Gasteiger partial charge in [-0.3, -0.25) is 9.59 Å². The summed E-state index contributed by atoms with van der Waals surface area (Å²) in [7, 11) is 0. The van der Waals surface area contributed by atoms with Gasteiger partial charge in [0.05, 0.1) is 32.0 Å². The number of amides is 1. The van der Waals surface area contributed by atoms with Crippen molar-refractivity contribution in [3.63, 3.8) is 0 Å². The summed E-state index contributed by atoms with van der Waals surface area (Å²) in [5.41, 5.74) is 0. The Morgan fingerprint density at radius 2 is 0.778 bits per heavy atom. The molecule has 0 spiro atoms. The Morgan fingerprint density at radius 3 is 1.15 bits per heavy atom. The highest BCUT2D eigenvalue weighted by atomic mass is 16.7. The lowest BCUT2D eigenvalue weighted by Gasteiger charge is -2.40. The summed E-state index contributed by atoms with van der Waals surface area (Å²) in [5, 5.41) is 54.4. The lowest BCUT2D eigenvalue weighted by Crippen LogP contribution is -2.60. The molecule has 1 fully saturated rings. The van der Waals surface area contributed by atoms with Crippen molar-refractivity contribution >= 4 is 11.9 Å². The van der Waals surface area contributed by atoms with Gasteiger partial charge in [0, 0.05) is 12.8 Å². The van der Waals surface area contributed by atoms with Crippen LogP contribution in [0.2, 0.25) is 0 Å². The van der Waals surface area contributed by atoms with Gasteiger partial charge in [-0.25, -0.2) is 0 Å². The van der Waals surface area contributed by atoms with Crippen LogP contribution < -0.4 is 5.32 Å². The zero-order valence-corrected chi connectivity index (χ0v) is 53.3. The highest BCUT2D eigenvalue weighted by molar-refractivity contribution is 5.76. The lowest BCUT2D eigenvalue weighted by atomic mass is 9.99. The van der Waals surface area contributed by atoms with Crippen LogP contribution in [0.3, 0.4) is 0 Å². The number of esters is 1. The van der Waals surface area contributed by atoms with Crippen molar-refractivity contribution < 1.29 is 49.3 Å². The van der Waals surface area contributed by atoms with Gasteiger partial charge < -0.3 is 45.1 Å². The summed E-state index contributed by atoms with van der Waals surface area (Å²) >= 11 is 0. The van der Waals surface area contributed by atoms with Gasteiger partial charge in [-0.2, -0.15) is 0 Å². The summed E-state index contributed by atoms with van der Waals surface area (Å²) in [5.74, 6) is -0.162. The molecule has 1 aliphatic rings. The fourth-order valence-corrected chi connectivity index (χ4v) is 11.6. The molecule has 1 heterocycles. The van der Waals surface area contributed by atoms with E-state index in [-0.39, 0.29) is 18.5 Å². The topological polar surface area (TPSA) is 175 Å². The van der Waals surface area contributed by atoms with Crippen molar-refractivity contribution in [1.82, 2.24) is 5.32 Å². The number of hydrogen-bond acceptors (Lipinski definition) is 10. The smallest absolute Gasteiger partial charge is 0.305 e. The second-order valence-corrected chi connectivity index (χ2v) is 25.0. The van der Waals surface area contributed by atoms with Crippen LogP contribution >= 0.6 is 0 Å². The van der Waals surface area contributed by atoms with Crippen LogP contribution in [-0.4, -0.2) is 100 Å². The molecule has 1 rings (SSSR count). The second kappa shape index (κ2) is 60.1. The molecule has 7 atom stereocenters. The van der Waals surface area contributed by atoms with Crippen molar-refractivity contribution in [2.75, 3.05) is 19.8 Å². The minimum Gasteiger partial charge on any atom is -0.466 e. The number of unbranched alkanes of at least 4 members (excludes halogenated alkanes) is 49. The van der Waals surface area contributed by atoms with Gasteiger partial charge in [-0.1, -0.05) is 328 Å². The number of carbonyl (C=O) groups excluding carboxylic acids is 2. The Bertz CT molecular complexity index is 1350. The molecule has 7 unspecified atom stereocenters. The van der Waals surface area contributed by atoms with Crippen molar-refractivity contribution in [2.24, 2.45) is 0 Å². The molecule has 11 nitrogen and oxygen atoms in total. The number of hydrogen-bond donors (Lipinski definition) is 6. The van der Waals surface area contributed by atoms with E-state index in [0.717, 1.165) is 51.4 Å². The fraction of sp³-hybridized carbons (Fsp3) is 0.943. The molecule has 0 aromatic heterocycles. The lowest BCUT2D eigenvalue weighted by molar-refractivity contribution is -0.302. The van der Waals surface area contributed by atoms with Gasteiger partial charge in [0.25, 0.3) is 0 Å². The molecule has 0 aromatic carbocycles. The number of aliphatic hydroxyl groups is 5. The van der Waals surface area contributed by atoms with E-state index in [2.05, 4.69) is 19.2 Å². The fourth-order valence-electron chi connectivity index (χ4n) is 11.6. The normalized spacial score (nSPS) is 18.2. The Kier molecular flexibility index (Phi) is 57.4. The zero-order chi connectivity index (χ0) is 58.7. The first-order chi connectivity index (χ1) is 39.7. The van der Waals surface area contributed by atoms with E-state index in [1.807, 2.05) is 6.08 Å². The van der Waals surface area contributed by atoms with Crippen LogP contribution in [0.5, 0.6) is 0 Å². The van der Waals surface area contributed by atoms with Crippen LogP contribution in [0.4, 0.5) is 0 Å². The van der Waals surface area contributed by atoms with Crippen molar-refractivity contribution in [1.29, 1.82) is 0 Å². The average molecular weight is 1150 g/mol. The molecule has 0 bridgehead atoms. The molecular formula is C70H135NO10. The van der Waals surface area contributed by atoms with Crippen LogP contribution in [0.25, 0.3) is 0 Å². The number of rotatable bonds is 63. The van der Waals surface area contributed by atoms with Gasteiger partial charge in [-0.15, -0.1) is 0 Å². The summed E-state index contributed by atoms with van der Waals surface area (Å²) in [6.07, 6.45) is 63.6. The quantitative estimate of drug-likeness (QED) is 0.0195. The van der Waals surface area contributed by atoms with E-state index in [4.69, 9.17) is 14.2 Å². The largest absolute Gasteiger partial charge is 0.466 e. The van der Waals surface area contributed by atoms with E-state index in [9.17, 15) is 35.1 Å². The minimum absolute atomic E-state index is 0.0140. The third kappa shape index (κ3) is 49.2. The molecule has 0 saturated carbocycles. The highest BCUT2D eigenvalue weighted by Gasteiger charge is 2.44. The van der Waals surface area contributed by atoms with Gasteiger partial charge >= 0.3 is 5.97 Å². The van der Waals surface area contributed by atoms with E-state index in [1.54, 1.807) is 6.08 Å². The number of aliphatic hydroxyl groups excluding tert-OH is 5. The Labute approximate surface area is 499 Å². The van der Waals surface area contributed by atoms with Gasteiger partial charge in [0.15, 0.2) is 6.29 Å². The van der Waals surface area contributed by atoms with Crippen molar-refractivity contribution in [2.45, 2.75) is 403 Å². The number of allylic oxidation sites excluding steroid dienone is 1. The molecule has 1 amide bonds. The van der Waals surface area contributed by atoms with E-state index >= 15 is 0 Å². The third-order valence-corrected chi connectivity index (χ3v) is 17.2. The summed E-state index contributed by atoms with van der Waals surface area (Å²) < 4.78 is 16.7. The van der Waals surface area contributed by atoms with Gasteiger partial charge in [-0.05, 0) is 32.1 Å². The Morgan fingerprint density at radius 1 is 0.444 bits per heavy atom. The van der Waals surface area contributed by atoms with E-state index in [0.29, 0.717) is 19.4 Å². The molecule has 0 radical (unpaired) electrons. The zero-order valence-electron chi connectivity index (χ0n) is 53.3. The van der Waals surface area contributed by atoms with E-state index in [1.165, 1.54) is 283 Å². The van der Waals surface area contributed by atoms with Crippen molar-refractivity contribution in [3.05, 3.63) is 12.2 Å². The molecule has 1 saturated heterocycles.